The summed E-state index contributed by atoms with van der Waals surface area (Å²) >= 11 is 0. The lowest BCUT2D eigenvalue weighted by atomic mass is 9.99. The molecular formula is C38H71NO8. The number of amides is 1. The van der Waals surface area contributed by atoms with Crippen molar-refractivity contribution in [2.75, 3.05) is 13.2 Å². The van der Waals surface area contributed by atoms with Crippen LogP contribution in [0.4, 0.5) is 0 Å². The molecule has 1 rings (SSSR count). The highest BCUT2D eigenvalue weighted by Gasteiger charge is 2.44. The number of aliphatic hydroxyl groups excluding tert-OH is 5. The Morgan fingerprint density at radius 3 is 1.72 bits per heavy atom. The Balaban J connectivity index is 2.41. The minimum absolute atomic E-state index is 0.191. The van der Waals surface area contributed by atoms with Crippen molar-refractivity contribution in [1.82, 2.24) is 5.32 Å². The van der Waals surface area contributed by atoms with Crippen molar-refractivity contribution < 1.29 is 39.8 Å². The molecule has 1 aliphatic heterocycles. The van der Waals surface area contributed by atoms with Gasteiger partial charge in [-0.2, -0.15) is 0 Å². The van der Waals surface area contributed by atoms with E-state index in [2.05, 4.69) is 31.3 Å². The number of nitrogens with one attached hydrogen (secondary N) is 1. The molecule has 47 heavy (non-hydrogen) atoms. The fourth-order valence-electron chi connectivity index (χ4n) is 5.85. The third kappa shape index (κ3) is 21.4. The van der Waals surface area contributed by atoms with Gasteiger partial charge in [-0.25, -0.2) is 0 Å². The van der Waals surface area contributed by atoms with E-state index >= 15 is 0 Å². The molecule has 0 radical (unpaired) electrons. The second-order valence-electron chi connectivity index (χ2n) is 13.4. The maximum Gasteiger partial charge on any atom is 0.220 e. The lowest BCUT2D eigenvalue weighted by Crippen LogP contribution is -2.60. The Labute approximate surface area is 286 Å². The highest BCUT2D eigenvalue weighted by atomic mass is 16.7. The van der Waals surface area contributed by atoms with Crippen LogP contribution >= 0.6 is 0 Å². The molecule has 6 N–H and O–H groups in total. The van der Waals surface area contributed by atoms with Crippen LogP contribution in [0.15, 0.2) is 24.3 Å². The van der Waals surface area contributed by atoms with E-state index in [1.54, 1.807) is 6.08 Å². The zero-order valence-electron chi connectivity index (χ0n) is 29.8. The number of hydrogen-bond donors (Lipinski definition) is 6. The van der Waals surface area contributed by atoms with Crippen LogP contribution in [0.25, 0.3) is 0 Å². The topological polar surface area (TPSA) is 149 Å². The third-order valence-corrected chi connectivity index (χ3v) is 9.02. The molecule has 1 heterocycles. The zero-order chi connectivity index (χ0) is 34.5. The number of hydrogen-bond acceptors (Lipinski definition) is 8. The molecule has 1 aliphatic rings. The summed E-state index contributed by atoms with van der Waals surface area (Å²) in [6, 6.07) is -0.802. The van der Waals surface area contributed by atoms with Gasteiger partial charge in [-0.15, -0.1) is 0 Å². The summed E-state index contributed by atoms with van der Waals surface area (Å²) in [4.78, 5) is 12.8. The van der Waals surface area contributed by atoms with E-state index in [0.29, 0.717) is 6.42 Å². The predicted molar refractivity (Wildman–Crippen MR) is 189 cm³/mol. The molecule has 7 atom stereocenters. The van der Waals surface area contributed by atoms with Crippen LogP contribution in [0.1, 0.15) is 155 Å². The highest BCUT2D eigenvalue weighted by molar-refractivity contribution is 5.76. The van der Waals surface area contributed by atoms with Crippen LogP contribution in [0.3, 0.4) is 0 Å². The molecule has 0 aromatic carbocycles. The molecule has 0 aromatic heterocycles. The van der Waals surface area contributed by atoms with Crippen LogP contribution < -0.4 is 5.32 Å². The van der Waals surface area contributed by atoms with Gasteiger partial charge in [0.1, 0.15) is 24.4 Å². The molecule has 1 saturated heterocycles. The van der Waals surface area contributed by atoms with Gasteiger partial charge in [-0.1, -0.05) is 128 Å². The first-order valence-corrected chi connectivity index (χ1v) is 19.1. The zero-order valence-corrected chi connectivity index (χ0v) is 29.8. The minimum atomic E-state index is -1.56. The molecule has 9 nitrogen and oxygen atoms in total. The lowest BCUT2D eigenvalue weighted by molar-refractivity contribution is -0.302. The first kappa shape index (κ1) is 43.7. The maximum absolute atomic E-state index is 12.8. The molecule has 7 unspecified atom stereocenters. The van der Waals surface area contributed by atoms with Gasteiger partial charge in [0.15, 0.2) is 6.29 Å². The van der Waals surface area contributed by atoms with Gasteiger partial charge in [0, 0.05) is 6.42 Å². The molecule has 0 bridgehead atoms. The van der Waals surface area contributed by atoms with Gasteiger partial charge in [0.05, 0.1) is 25.4 Å². The summed E-state index contributed by atoms with van der Waals surface area (Å²) in [6.07, 6.45) is 25.2. The second kappa shape index (κ2) is 29.6. The maximum atomic E-state index is 12.8. The van der Waals surface area contributed by atoms with Crippen molar-refractivity contribution in [1.29, 1.82) is 0 Å². The van der Waals surface area contributed by atoms with Crippen molar-refractivity contribution >= 4 is 5.91 Å². The SMILES string of the molecule is CCCCCCCC/C=C/C(O)C(COC1OC(CO)C(O)C(O)C1O)NC(=O)CCCCCCC/C=C\CCCCCCCCC. The van der Waals surface area contributed by atoms with Gasteiger partial charge in [0.25, 0.3) is 0 Å². The van der Waals surface area contributed by atoms with Crippen molar-refractivity contribution in [2.45, 2.75) is 198 Å². The van der Waals surface area contributed by atoms with Gasteiger partial charge < -0.3 is 40.3 Å². The number of carbonyl (C=O) groups excluding carboxylic acids is 1. The monoisotopic (exact) mass is 670 g/mol. The number of carbonyl (C=O) groups is 1. The van der Waals surface area contributed by atoms with E-state index in [1.807, 2.05) is 6.08 Å². The summed E-state index contributed by atoms with van der Waals surface area (Å²) in [5, 5.41) is 53.7. The lowest BCUT2D eigenvalue weighted by Gasteiger charge is -2.40. The summed E-state index contributed by atoms with van der Waals surface area (Å²) in [6.45, 7) is 3.69. The Morgan fingerprint density at radius 2 is 1.19 bits per heavy atom. The quantitative estimate of drug-likeness (QED) is 0.0381. The molecule has 0 spiro atoms. The number of aliphatic hydroxyl groups is 5. The molecule has 1 fully saturated rings. The van der Waals surface area contributed by atoms with Gasteiger partial charge in [-0.05, 0) is 44.9 Å². The first-order valence-electron chi connectivity index (χ1n) is 19.1. The predicted octanol–water partition coefficient (Wildman–Crippen LogP) is 6.38. The smallest absolute Gasteiger partial charge is 0.220 e. The Morgan fingerprint density at radius 1 is 0.702 bits per heavy atom. The molecule has 0 aromatic rings. The Hall–Kier alpha value is -1.33. The van der Waals surface area contributed by atoms with Crippen molar-refractivity contribution in [3.8, 4) is 0 Å². The van der Waals surface area contributed by atoms with E-state index in [1.165, 1.54) is 77.0 Å². The molecule has 0 aliphatic carbocycles. The average molecular weight is 670 g/mol. The van der Waals surface area contributed by atoms with E-state index in [0.717, 1.165) is 57.8 Å². The van der Waals surface area contributed by atoms with Gasteiger partial charge in [-0.3, -0.25) is 4.79 Å². The second-order valence-corrected chi connectivity index (χ2v) is 13.4. The minimum Gasteiger partial charge on any atom is -0.394 e. The van der Waals surface area contributed by atoms with Crippen LogP contribution in [0.2, 0.25) is 0 Å². The van der Waals surface area contributed by atoms with E-state index in [4.69, 9.17) is 9.47 Å². The summed E-state index contributed by atoms with van der Waals surface area (Å²) in [5.74, 6) is -0.191. The van der Waals surface area contributed by atoms with Crippen molar-refractivity contribution in [2.24, 2.45) is 0 Å². The number of rotatable bonds is 30. The third-order valence-electron chi connectivity index (χ3n) is 9.02. The standard InChI is InChI=1S/C38H71NO8/c1-3-5-7-9-11-13-14-15-16-17-18-19-20-22-24-26-28-34(42)39-31(32(41)27-25-23-21-12-10-8-6-4-2)30-46-38-37(45)36(44)35(43)33(29-40)47-38/h16-17,25,27,31-33,35-38,40-41,43-45H,3-15,18-24,26,28-30H2,1-2H3,(H,39,42)/b17-16-,27-25+. The van der Waals surface area contributed by atoms with E-state index in [-0.39, 0.29) is 12.5 Å². The van der Waals surface area contributed by atoms with Crippen molar-refractivity contribution in [3.63, 3.8) is 0 Å². The van der Waals surface area contributed by atoms with Crippen LogP contribution in [0.5, 0.6) is 0 Å². The average Bonchev–Trinajstić information content (AvgIpc) is 3.07. The van der Waals surface area contributed by atoms with Crippen LogP contribution in [-0.2, 0) is 14.3 Å². The normalized spacial score (nSPS) is 23.1. The van der Waals surface area contributed by atoms with E-state index < -0.39 is 49.5 Å². The molecule has 0 saturated carbocycles. The van der Waals surface area contributed by atoms with Gasteiger partial charge in [0.2, 0.25) is 5.91 Å². The number of unbranched alkanes of at least 4 members (excludes halogenated alkanes) is 18. The van der Waals surface area contributed by atoms with Crippen LogP contribution in [0, 0.1) is 0 Å². The first-order chi connectivity index (χ1) is 22.8. The fraction of sp³-hybridized carbons (Fsp3) is 0.868. The number of allylic oxidation sites excluding steroid dienone is 3. The van der Waals surface area contributed by atoms with Gasteiger partial charge >= 0.3 is 0 Å². The largest absolute Gasteiger partial charge is 0.394 e. The molecule has 276 valence electrons. The Bertz CT molecular complexity index is 792. The molecule has 1 amide bonds. The van der Waals surface area contributed by atoms with Crippen LogP contribution in [-0.4, -0.2) is 87.5 Å². The number of ether oxygens (including phenoxy) is 2. The molecular weight excluding hydrogens is 598 g/mol. The van der Waals surface area contributed by atoms with Crippen molar-refractivity contribution in [3.05, 3.63) is 24.3 Å². The van der Waals surface area contributed by atoms with E-state index in [9.17, 15) is 30.3 Å². The molecule has 9 heteroatoms. The Kier molecular flexibility index (Phi) is 27.5. The fourth-order valence-corrected chi connectivity index (χ4v) is 5.85. The summed E-state index contributed by atoms with van der Waals surface area (Å²) < 4.78 is 11.1. The highest BCUT2D eigenvalue weighted by Crippen LogP contribution is 2.22. The summed E-state index contributed by atoms with van der Waals surface area (Å²) in [5.41, 5.74) is 0. The summed E-state index contributed by atoms with van der Waals surface area (Å²) in [7, 11) is 0.